The van der Waals surface area contributed by atoms with Crippen LogP contribution in [0.25, 0.3) is 11.3 Å². The minimum absolute atomic E-state index is 0.0914. The average Bonchev–Trinajstić information content (AvgIpc) is 2.78. The predicted octanol–water partition coefficient (Wildman–Crippen LogP) is 5.31. The van der Waals surface area contributed by atoms with Gasteiger partial charge in [0.05, 0.1) is 5.69 Å². The third-order valence-electron chi connectivity index (χ3n) is 5.58. The average molecular weight is 433 g/mol. The van der Waals surface area contributed by atoms with Gasteiger partial charge in [0.15, 0.2) is 0 Å². The lowest BCUT2D eigenvalue weighted by Gasteiger charge is -2.32. The summed E-state index contributed by atoms with van der Waals surface area (Å²) >= 11 is 6.47. The summed E-state index contributed by atoms with van der Waals surface area (Å²) in [6.07, 6.45) is 1.58. The topological polar surface area (TPSA) is 43.8 Å². The van der Waals surface area contributed by atoms with E-state index in [2.05, 4.69) is 43.3 Å². The van der Waals surface area contributed by atoms with Gasteiger partial charge in [-0.1, -0.05) is 60.7 Å². The molecule has 0 radical (unpaired) electrons. The Labute approximate surface area is 188 Å². The molecule has 1 aliphatic rings. The molecular weight excluding hydrogens is 408 g/mol. The number of anilines is 1. The monoisotopic (exact) mass is 432 g/mol. The Morgan fingerprint density at radius 2 is 1.61 bits per heavy atom. The van der Waals surface area contributed by atoms with Crippen molar-refractivity contribution in [3.8, 4) is 0 Å². The van der Waals surface area contributed by atoms with Crippen molar-refractivity contribution in [2.45, 2.75) is 19.0 Å². The molecule has 1 atom stereocenters. The molecule has 0 saturated heterocycles. The number of fused-ring (bicyclic) bond motifs is 1. The minimum Gasteiger partial charge on any atom is -0.507 e. The second-order valence-electron chi connectivity index (χ2n) is 8.05. The van der Waals surface area contributed by atoms with Crippen LogP contribution in [0.5, 0.6) is 0 Å². The van der Waals surface area contributed by atoms with Crippen molar-refractivity contribution in [3.05, 3.63) is 101 Å². The van der Waals surface area contributed by atoms with Crippen molar-refractivity contribution in [2.24, 2.45) is 0 Å². The first kappa shape index (κ1) is 21.2. The maximum Gasteiger partial charge on any atom is 0.148 e. The lowest BCUT2D eigenvalue weighted by atomic mass is 9.90. The molecule has 1 unspecified atom stereocenters. The molecular formula is C26H25ClN2O2. The molecule has 0 fully saturated rings. The van der Waals surface area contributed by atoms with Crippen molar-refractivity contribution in [1.29, 1.82) is 0 Å². The summed E-state index contributed by atoms with van der Waals surface area (Å²) in [6.45, 7) is 0.890. The molecule has 5 heteroatoms. The fourth-order valence-electron chi connectivity index (χ4n) is 4.08. The maximum absolute atomic E-state index is 11.9. The largest absolute Gasteiger partial charge is 0.507 e. The molecule has 4 rings (SSSR count). The first-order valence-electron chi connectivity index (χ1n) is 10.2. The van der Waals surface area contributed by atoms with E-state index in [0.29, 0.717) is 16.8 Å². The minimum atomic E-state index is -0.761. The number of aliphatic hydroxyl groups excluding tert-OH is 1. The van der Waals surface area contributed by atoms with Gasteiger partial charge >= 0.3 is 0 Å². The summed E-state index contributed by atoms with van der Waals surface area (Å²) < 4.78 is 1.39. The van der Waals surface area contributed by atoms with Crippen LogP contribution in [0.3, 0.4) is 0 Å². The van der Waals surface area contributed by atoms with Crippen molar-refractivity contribution < 1.29 is 9.90 Å². The summed E-state index contributed by atoms with van der Waals surface area (Å²) in [4.78, 5) is 14.0. The van der Waals surface area contributed by atoms with E-state index in [0.717, 1.165) is 30.4 Å². The van der Waals surface area contributed by atoms with Crippen LogP contribution in [-0.2, 0) is 17.8 Å². The van der Waals surface area contributed by atoms with Crippen molar-refractivity contribution >= 4 is 35.1 Å². The number of carbonyl (C=O) groups excluding carboxylic acids is 1. The quantitative estimate of drug-likeness (QED) is 0.423. The number of rotatable bonds is 6. The van der Waals surface area contributed by atoms with Crippen molar-refractivity contribution in [3.63, 3.8) is 0 Å². The Morgan fingerprint density at radius 3 is 2.29 bits per heavy atom. The van der Waals surface area contributed by atoms with E-state index in [1.807, 2.05) is 36.4 Å². The van der Waals surface area contributed by atoms with Crippen LogP contribution in [0.15, 0.2) is 72.8 Å². The fourth-order valence-corrected chi connectivity index (χ4v) is 4.38. The van der Waals surface area contributed by atoms with Crippen LogP contribution < -0.4 is 4.42 Å². The number of carbonyl (C=O) groups is 1. The Bertz CT molecular complexity index is 1120. The van der Waals surface area contributed by atoms with Gasteiger partial charge in [0.25, 0.3) is 0 Å². The molecule has 158 valence electrons. The zero-order valence-electron chi connectivity index (χ0n) is 17.6. The molecule has 4 nitrogen and oxygen atoms in total. The van der Waals surface area contributed by atoms with E-state index < -0.39 is 6.04 Å². The van der Waals surface area contributed by atoms with E-state index in [9.17, 15) is 9.90 Å². The standard InChI is InChI=1S/C26H25ClN2O2/c1-28(2)16-21-8-4-3-7-20(21)15-18-11-13-19(14-12-18)25-24(17-30)29(27)23-10-6-5-9-22(23)26(25)31/h3-14,17,24,31H,15-16H2,1-2H3. The fraction of sp³-hybridized carbons (Fsp3) is 0.192. The third kappa shape index (κ3) is 4.22. The number of para-hydroxylation sites is 1. The van der Waals surface area contributed by atoms with Crippen molar-refractivity contribution in [1.82, 2.24) is 4.90 Å². The highest BCUT2D eigenvalue weighted by atomic mass is 35.5. The Kier molecular flexibility index (Phi) is 6.12. The van der Waals surface area contributed by atoms with Gasteiger partial charge in [-0.3, -0.25) is 4.42 Å². The summed E-state index contributed by atoms with van der Waals surface area (Å²) in [5, 5.41) is 10.9. The SMILES string of the molecule is CN(C)Cc1ccccc1Cc1ccc(C2=C(O)c3ccccc3N(Cl)C2C=O)cc1. The van der Waals surface area contributed by atoms with E-state index in [1.54, 1.807) is 12.1 Å². The molecule has 31 heavy (non-hydrogen) atoms. The molecule has 0 amide bonds. The second kappa shape index (κ2) is 8.96. The van der Waals surface area contributed by atoms with Crippen LogP contribution in [0, 0.1) is 0 Å². The van der Waals surface area contributed by atoms with Gasteiger partial charge in [0, 0.05) is 29.5 Å². The lowest BCUT2D eigenvalue weighted by molar-refractivity contribution is -0.107. The lowest BCUT2D eigenvalue weighted by Crippen LogP contribution is -2.34. The van der Waals surface area contributed by atoms with Gasteiger partial charge in [-0.2, -0.15) is 0 Å². The number of hydrogen-bond acceptors (Lipinski definition) is 4. The Hall–Kier alpha value is -3.08. The van der Waals surface area contributed by atoms with E-state index in [4.69, 9.17) is 11.8 Å². The third-order valence-corrected chi connectivity index (χ3v) is 5.97. The van der Waals surface area contributed by atoms with Gasteiger partial charge in [0.1, 0.15) is 18.1 Å². The number of nitrogens with zero attached hydrogens (tertiary/aromatic N) is 2. The zero-order chi connectivity index (χ0) is 22.0. The molecule has 3 aromatic rings. The number of aliphatic hydroxyl groups is 1. The number of benzene rings is 3. The molecule has 1 heterocycles. The van der Waals surface area contributed by atoms with E-state index in [1.165, 1.54) is 15.5 Å². The second-order valence-corrected chi connectivity index (χ2v) is 8.42. The summed E-state index contributed by atoms with van der Waals surface area (Å²) in [5.41, 5.74) is 6.29. The highest BCUT2D eigenvalue weighted by Gasteiger charge is 2.33. The van der Waals surface area contributed by atoms with Gasteiger partial charge in [-0.25, -0.2) is 0 Å². The summed E-state index contributed by atoms with van der Waals surface area (Å²) in [7, 11) is 4.13. The summed E-state index contributed by atoms with van der Waals surface area (Å²) in [5.74, 6) is 0.0914. The van der Waals surface area contributed by atoms with Gasteiger partial charge in [-0.15, -0.1) is 0 Å². The molecule has 0 bridgehead atoms. The molecule has 0 saturated carbocycles. The van der Waals surface area contributed by atoms with Gasteiger partial charge in [-0.05, 0) is 54.9 Å². The van der Waals surface area contributed by atoms with Crippen LogP contribution in [0.2, 0.25) is 0 Å². The molecule has 0 aliphatic carbocycles. The Balaban J connectivity index is 1.66. The zero-order valence-corrected chi connectivity index (χ0v) is 18.4. The first-order chi connectivity index (χ1) is 15.0. The predicted molar refractivity (Wildman–Crippen MR) is 127 cm³/mol. The molecule has 1 aliphatic heterocycles. The van der Waals surface area contributed by atoms with Crippen LogP contribution in [0.1, 0.15) is 27.8 Å². The number of hydrogen-bond donors (Lipinski definition) is 1. The molecule has 0 spiro atoms. The Morgan fingerprint density at radius 1 is 0.968 bits per heavy atom. The van der Waals surface area contributed by atoms with E-state index >= 15 is 0 Å². The first-order valence-corrected chi connectivity index (χ1v) is 10.6. The van der Waals surface area contributed by atoms with Crippen molar-refractivity contribution in [2.75, 3.05) is 18.5 Å². The smallest absolute Gasteiger partial charge is 0.148 e. The number of halogens is 1. The highest BCUT2D eigenvalue weighted by molar-refractivity contribution is 6.30. The summed E-state index contributed by atoms with van der Waals surface area (Å²) in [6, 6.07) is 22.9. The van der Waals surface area contributed by atoms with Gasteiger partial charge < -0.3 is 14.8 Å². The molecule has 3 aromatic carbocycles. The molecule has 0 aromatic heterocycles. The molecule has 1 N–H and O–H groups in total. The van der Waals surface area contributed by atoms with E-state index in [-0.39, 0.29) is 5.76 Å². The van der Waals surface area contributed by atoms with Crippen LogP contribution in [-0.4, -0.2) is 36.4 Å². The maximum atomic E-state index is 11.9. The highest BCUT2D eigenvalue weighted by Crippen LogP contribution is 2.41. The van der Waals surface area contributed by atoms with Gasteiger partial charge in [0.2, 0.25) is 0 Å². The number of aldehydes is 1. The van der Waals surface area contributed by atoms with Crippen LogP contribution >= 0.6 is 11.8 Å². The van der Waals surface area contributed by atoms with Crippen LogP contribution in [0.4, 0.5) is 5.69 Å². The normalized spacial score (nSPS) is 15.9.